The van der Waals surface area contributed by atoms with Gasteiger partial charge in [-0.15, -0.1) is 0 Å². The van der Waals surface area contributed by atoms with Crippen LogP contribution in [0, 0.1) is 5.92 Å². The van der Waals surface area contributed by atoms with E-state index in [-0.39, 0.29) is 11.9 Å². The van der Waals surface area contributed by atoms with Gasteiger partial charge < -0.3 is 11.1 Å². The second kappa shape index (κ2) is 6.20. The van der Waals surface area contributed by atoms with E-state index in [9.17, 15) is 4.79 Å². The van der Waals surface area contributed by atoms with E-state index in [1.54, 1.807) is 0 Å². The lowest BCUT2D eigenvalue weighted by atomic mass is 9.99. The number of carbonyl (C=O) groups excluding carboxylic acids is 1. The molecule has 1 aromatic rings. The molecule has 0 heterocycles. The van der Waals surface area contributed by atoms with E-state index in [0.717, 1.165) is 24.9 Å². The summed E-state index contributed by atoms with van der Waals surface area (Å²) in [5.74, 6) is 0.914. The van der Waals surface area contributed by atoms with Crippen LogP contribution in [-0.4, -0.2) is 11.9 Å². The number of hydrogen-bond donors (Lipinski definition) is 2. The molecular weight excluding hydrogens is 236 g/mol. The van der Waals surface area contributed by atoms with Crippen molar-refractivity contribution >= 4 is 11.6 Å². The van der Waals surface area contributed by atoms with E-state index < -0.39 is 0 Å². The third-order valence-corrected chi connectivity index (χ3v) is 4.00. The zero-order chi connectivity index (χ0) is 13.8. The van der Waals surface area contributed by atoms with Gasteiger partial charge in [-0.05, 0) is 42.4 Å². The van der Waals surface area contributed by atoms with Gasteiger partial charge in [-0.25, -0.2) is 0 Å². The van der Waals surface area contributed by atoms with E-state index in [4.69, 9.17) is 5.73 Å². The van der Waals surface area contributed by atoms with Gasteiger partial charge in [0.05, 0.1) is 0 Å². The number of carbonyl (C=O) groups is 1. The number of rotatable bonds is 4. The van der Waals surface area contributed by atoms with Gasteiger partial charge in [0.1, 0.15) is 0 Å². The lowest BCUT2D eigenvalue weighted by Gasteiger charge is -2.15. The van der Waals surface area contributed by atoms with Crippen LogP contribution in [-0.2, 0) is 4.79 Å². The fourth-order valence-electron chi connectivity index (χ4n) is 2.74. The Bertz CT molecular complexity index is 442. The maximum atomic E-state index is 12.0. The van der Waals surface area contributed by atoms with Crippen molar-refractivity contribution in [2.45, 2.75) is 51.5 Å². The topological polar surface area (TPSA) is 55.1 Å². The largest absolute Gasteiger partial charge is 0.327 e. The summed E-state index contributed by atoms with van der Waals surface area (Å²) < 4.78 is 0. The lowest BCUT2D eigenvalue weighted by Crippen LogP contribution is -2.28. The molecule has 0 bridgehead atoms. The molecule has 1 amide bonds. The summed E-state index contributed by atoms with van der Waals surface area (Å²) in [4.78, 5) is 12.0. The minimum atomic E-state index is 0.0863. The maximum Gasteiger partial charge on any atom is 0.224 e. The molecule has 0 saturated heterocycles. The molecule has 3 N–H and O–H groups in total. The number of nitrogens with one attached hydrogen (secondary N) is 1. The number of hydrogen-bond acceptors (Lipinski definition) is 2. The molecule has 104 valence electrons. The van der Waals surface area contributed by atoms with Crippen molar-refractivity contribution in [1.82, 2.24) is 0 Å². The van der Waals surface area contributed by atoms with Crippen LogP contribution in [0.4, 0.5) is 5.69 Å². The number of benzene rings is 1. The summed E-state index contributed by atoms with van der Waals surface area (Å²) in [6.45, 7) is 4.30. The van der Waals surface area contributed by atoms with Gasteiger partial charge in [0, 0.05) is 18.2 Å². The van der Waals surface area contributed by atoms with Crippen molar-refractivity contribution in [3.63, 3.8) is 0 Å². The van der Waals surface area contributed by atoms with Gasteiger partial charge in [-0.2, -0.15) is 0 Å². The summed E-state index contributed by atoms with van der Waals surface area (Å²) in [7, 11) is 0. The fraction of sp³-hybridized carbons (Fsp3) is 0.562. The van der Waals surface area contributed by atoms with Gasteiger partial charge in [0.15, 0.2) is 0 Å². The number of nitrogens with two attached hydrogens (primary N) is 1. The van der Waals surface area contributed by atoms with E-state index in [0.29, 0.717) is 18.3 Å². The monoisotopic (exact) mass is 260 g/mol. The Labute approximate surface area is 115 Å². The average Bonchev–Trinajstić information content (AvgIpc) is 2.75. The Kier molecular flexibility index (Phi) is 4.59. The van der Waals surface area contributed by atoms with E-state index in [1.807, 2.05) is 12.1 Å². The quantitative estimate of drug-likeness (QED) is 0.873. The van der Waals surface area contributed by atoms with Crippen LogP contribution in [0.3, 0.4) is 0 Å². The average molecular weight is 260 g/mol. The third kappa shape index (κ3) is 3.80. The number of amides is 1. The van der Waals surface area contributed by atoms with Crippen LogP contribution in [0.1, 0.15) is 51.0 Å². The summed E-state index contributed by atoms with van der Waals surface area (Å²) >= 11 is 0. The molecule has 3 heteroatoms. The Morgan fingerprint density at radius 1 is 1.42 bits per heavy atom. The molecule has 1 aliphatic carbocycles. The van der Waals surface area contributed by atoms with E-state index >= 15 is 0 Å². The van der Waals surface area contributed by atoms with Crippen molar-refractivity contribution in [2.24, 2.45) is 11.7 Å². The molecule has 0 aromatic heterocycles. The molecule has 2 atom stereocenters. The first kappa shape index (κ1) is 14.1. The Hall–Kier alpha value is -1.35. The standard InChI is InChI=1S/C16H24N2O/c1-11(2)12-5-3-7-14(9-12)18-16(19)10-13-6-4-8-15(13)17/h3,5,7,9,11,13,15H,4,6,8,10,17H2,1-2H3,(H,18,19)/t13-,15+/m0/s1. The maximum absolute atomic E-state index is 12.0. The van der Waals surface area contributed by atoms with E-state index in [2.05, 4.69) is 31.3 Å². The van der Waals surface area contributed by atoms with Crippen molar-refractivity contribution in [1.29, 1.82) is 0 Å². The van der Waals surface area contributed by atoms with Gasteiger partial charge in [0.25, 0.3) is 0 Å². The highest BCUT2D eigenvalue weighted by atomic mass is 16.1. The van der Waals surface area contributed by atoms with Gasteiger partial charge in [0.2, 0.25) is 5.91 Å². The Morgan fingerprint density at radius 2 is 2.21 bits per heavy atom. The van der Waals surface area contributed by atoms with Gasteiger partial charge in [-0.1, -0.05) is 32.4 Å². The highest BCUT2D eigenvalue weighted by molar-refractivity contribution is 5.91. The molecule has 19 heavy (non-hydrogen) atoms. The van der Waals surface area contributed by atoms with Crippen LogP contribution in [0.15, 0.2) is 24.3 Å². The van der Waals surface area contributed by atoms with E-state index in [1.165, 1.54) is 5.56 Å². The van der Waals surface area contributed by atoms with Crippen LogP contribution >= 0.6 is 0 Å². The molecule has 1 aromatic carbocycles. The Balaban J connectivity index is 1.93. The second-order valence-corrected chi connectivity index (χ2v) is 5.89. The van der Waals surface area contributed by atoms with Crippen molar-refractivity contribution in [3.05, 3.63) is 29.8 Å². The van der Waals surface area contributed by atoms with Crippen LogP contribution in [0.5, 0.6) is 0 Å². The summed E-state index contributed by atoms with van der Waals surface area (Å²) in [6, 6.07) is 8.28. The molecule has 0 aliphatic heterocycles. The molecule has 0 spiro atoms. The summed E-state index contributed by atoms with van der Waals surface area (Å²) in [5, 5.41) is 2.99. The van der Waals surface area contributed by atoms with Crippen molar-refractivity contribution in [3.8, 4) is 0 Å². The Morgan fingerprint density at radius 3 is 2.84 bits per heavy atom. The summed E-state index contributed by atoms with van der Waals surface area (Å²) in [6.07, 6.45) is 3.84. The zero-order valence-electron chi connectivity index (χ0n) is 11.9. The molecular formula is C16H24N2O. The fourth-order valence-corrected chi connectivity index (χ4v) is 2.74. The molecule has 1 aliphatic rings. The smallest absolute Gasteiger partial charge is 0.224 e. The molecule has 2 rings (SSSR count). The molecule has 0 radical (unpaired) electrons. The second-order valence-electron chi connectivity index (χ2n) is 5.89. The first-order valence-electron chi connectivity index (χ1n) is 7.21. The zero-order valence-corrected chi connectivity index (χ0v) is 11.9. The van der Waals surface area contributed by atoms with Gasteiger partial charge in [-0.3, -0.25) is 4.79 Å². The lowest BCUT2D eigenvalue weighted by molar-refractivity contribution is -0.117. The molecule has 1 saturated carbocycles. The molecule has 1 fully saturated rings. The van der Waals surface area contributed by atoms with Gasteiger partial charge >= 0.3 is 0 Å². The predicted molar refractivity (Wildman–Crippen MR) is 79.1 cm³/mol. The SMILES string of the molecule is CC(C)c1cccc(NC(=O)C[C@@H]2CCC[C@H]2N)c1. The van der Waals surface area contributed by atoms with Crippen molar-refractivity contribution < 1.29 is 4.79 Å². The first-order valence-corrected chi connectivity index (χ1v) is 7.21. The highest BCUT2D eigenvalue weighted by Crippen LogP contribution is 2.27. The van der Waals surface area contributed by atoms with Crippen LogP contribution in [0.25, 0.3) is 0 Å². The third-order valence-electron chi connectivity index (χ3n) is 4.00. The minimum absolute atomic E-state index is 0.0863. The van der Waals surface area contributed by atoms with Crippen LogP contribution < -0.4 is 11.1 Å². The minimum Gasteiger partial charge on any atom is -0.327 e. The normalized spacial score (nSPS) is 22.7. The first-order chi connectivity index (χ1) is 9.06. The predicted octanol–water partition coefficient (Wildman–Crippen LogP) is 3.27. The van der Waals surface area contributed by atoms with Crippen molar-refractivity contribution in [2.75, 3.05) is 5.32 Å². The molecule has 3 nitrogen and oxygen atoms in total. The highest BCUT2D eigenvalue weighted by Gasteiger charge is 2.25. The number of anilines is 1. The van der Waals surface area contributed by atoms with Crippen LogP contribution in [0.2, 0.25) is 0 Å². The molecule has 0 unspecified atom stereocenters. The summed E-state index contributed by atoms with van der Waals surface area (Å²) in [5.41, 5.74) is 8.14.